The lowest BCUT2D eigenvalue weighted by Crippen LogP contribution is -2.63. The van der Waals surface area contributed by atoms with Crippen molar-refractivity contribution in [2.24, 2.45) is 35.5 Å². The number of rotatable bonds is 18. The molecule has 0 aromatic carbocycles. The molecule has 0 aromatic heterocycles. The minimum Gasteiger partial charge on any atom is -0.459 e. The number of amides is 11. The van der Waals surface area contributed by atoms with Gasteiger partial charge in [0, 0.05) is 55.8 Å². The van der Waals surface area contributed by atoms with E-state index in [0.717, 1.165) is 14.7 Å². The molecule has 0 bridgehead atoms. The van der Waals surface area contributed by atoms with Gasteiger partial charge < -0.3 is 65.4 Å². The number of ether oxygens (including phenoxy) is 1. The maximum atomic E-state index is 15.2. The Labute approximate surface area is 549 Å². The normalized spacial score (nSPS) is 25.9. The molecular formula is C66H118N12O14. The summed E-state index contributed by atoms with van der Waals surface area (Å²) >= 11 is 0. The van der Waals surface area contributed by atoms with Crippen molar-refractivity contribution >= 4 is 70.9 Å². The van der Waals surface area contributed by atoms with Crippen molar-refractivity contribution in [1.82, 2.24) is 60.5 Å². The van der Waals surface area contributed by atoms with Crippen molar-refractivity contribution < 1.29 is 67.4 Å². The molecule has 0 aliphatic carbocycles. The first-order valence-electron chi connectivity index (χ1n) is 32.5. The van der Waals surface area contributed by atoms with Gasteiger partial charge in [-0.1, -0.05) is 95.2 Å². The van der Waals surface area contributed by atoms with E-state index in [4.69, 9.17) is 4.74 Å². The molecule has 0 aromatic rings. The lowest BCUT2D eigenvalue weighted by molar-refractivity contribution is -0.161. The number of hydrogen-bond donors (Lipinski definition) is 5. The monoisotopic (exact) mass is 1300 g/mol. The first-order chi connectivity index (χ1) is 42.3. The molecule has 1 heterocycles. The SMILES string of the molecule is C/C=C/CC(C)C(O)[C@H]1C(=O)N[C@@H](CC)C(=O)N(C)CC(=O)N(C)[C@@H](CC(C)(C)OC(=O)CN(C)C)C(=O)N[C@@H](C(C)C)C(=O)N(C)[C@@H](CC(C)C)C(=O)N[C@@H](C)C(=O)N[C@H](C)C(=O)N(C)[C@@H](CC(C)C)C(=O)N(C)[C@@H](CC(C)C)C(=O)N(C)[C@@H](C(C)C)C(=O)N1C. The van der Waals surface area contributed by atoms with E-state index in [0.29, 0.717) is 0 Å². The number of carbonyl (C=O) groups excluding carboxylic acids is 12. The summed E-state index contributed by atoms with van der Waals surface area (Å²) in [6, 6.07) is -13.2. The number of aliphatic hydroxyl groups is 1. The van der Waals surface area contributed by atoms with Gasteiger partial charge in [-0.2, -0.15) is 0 Å². The molecule has 2 unspecified atom stereocenters. The van der Waals surface area contributed by atoms with Crippen LogP contribution in [0.4, 0.5) is 0 Å². The maximum Gasteiger partial charge on any atom is 0.320 e. The third-order valence-corrected chi connectivity index (χ3v) is 16.9. The van der Waals surface area contributed by atoms with Crippen LogP contribution < -0.4 is 21.3 Å². The van der Waals surface area contributed by atoms with Gasteiger partial charge in [0.05, 0.1) is 19.2 Å². The molecule has 0 radical (unpaired) electrons. The van der Waals surface area contributed by atoms with E-state index in [1.54, 1.807) is 93.5 Å². The number of allylic oxidation sites excluding steroid dienone is 2. The van der Waals surface area contributed by atoms with E-state index in [9.17, 15) is 48.3 Å². The van der Waals surface area contributed by atoms with Crippen LogP contribution in [0.3, 0.4) is 0 Å². The fourth-order valence-corrected chi connectivity index (χ4v) is 11.3. The third-order valence-electron chi connectivity index (χ3n) is 16.9. The Bertz CT molecular complexity index is 2570. The highest BCUT2D eigenvalue weighted by Gasteiger charge is 2.46. The molecule has 0 spiro atoms. The van der Waals surface area contributed by atoms with Crippen LogP contribution in [0, 0.1) is 35.5 Å². The van der Waals surface area contributed by atoms with Gasteiger partial charge in [-0.3, -0.25) is 62.4 Å². The zero-order valence-electron chi connectivity index (χ0n) is 60.5. The second-order valence-electron chi connectivity index (χ2n) is 28.1. The van der Waals surface area contributed by atoms with Crippen LogP contribution in [0.25, 0.3) is 0 Å². The summed E-state index contributed by atoms with van der Waals surface area (Å²) in [5.74, 6) is -11.2. The molecule has 11 amide bonds. The highest BCUT2D eigenvalue weighted by atomic mass is 16.6. The minimum absolute atomic E-state index is 0.0335. The highest BCUT2D eigenvalue weighted by Crippen LogP contribution is 2.27. The molecule has 1 saturated heterocycles. The first-order valence-corrected chi connectivity index (χ1v) is 32.5. The summed E-state index contributed by atoms with van der Waals surface area (Å²) in [6.45, 7) is 28.2. The summed E-state index contributed by atoms with van der Waals surface area (Å²) in [7, 11) is 13.0. The Balaban J connectivity index is 4.45. The Hall–Kier alpha value is -6.70. The van der Waals surface area contributed by atoms with E-state index < -0.39 is 167 Å². The number of carbonyl (C=O) groups is 12. The highest BCUT2D eigenvalue weighted by molar-refractivity contribution is 5.99. The Morgan fingerprint density at radius 2 is 1.02 bits per heavy atom. The van der Waals surface area contributed by atoms with Crippen LogP contribution in [-0.4, -0.2) is 264 Å². The van der Waals surface area contributed by atoms with Gasteiger partial charge in [-0.05, 0) is 116 Å². The summed E-state index contributed by atoms with van der Waals surface area (Å²) in [5, 5.41) is 23.1. The van der Waals surface area contributed by atoms with Crippen LogP contribution >= 0.6 is 0 Å². The molecule has 26 nitrogen and oxygen atoms in total. The molecule has 1 aliphatic rings. The zero-order chi connectivity index (χ0) is 71.5. The van der Waals surface area contributed by atoms with Crippen LogP contribution in [0.15, 0.2) is 12.2 Å². The van der Waals surface area contributed by atoms with Gasteiger partial charge in [-0.15, -0.1) is 0 Å². The third kappa shape index (κ3) is 24.0. The smallest absolute Gasteiger partial charge is 0.320 e. The lowest BCUT2D eigenvalue weighted by Gasteiger charge is -2.41. The molecule has 0 saturated carbocycles. The summed E-state index contributed by atoms with van der Waals surface area (Å²) in [5.41, 5.74) is -1.42. The molecule has 92 heavy (non-hydrogen) atoms. The standard InChI is InChI=1S/C66H118N12O14/c1-27-29-30-42(13)55(81)54-59(85)69-45(28-2)61(87)72(20)35-50(79)73(21)49(34-66(16,17)92-51(80)36-71(18)19)58(84)70-52(40(9)10)64(90)74(22)46(31-37(3)4)57(83)67-43(14)56(82)68-44(15)60(86)75(23)47(32-38(5)6)62(88)76(24)48(33-39(7)8)63(89)77(25)53(41(11)12)65(91)78(54)26/h27,29,37-49,52-55,81H,28,30-36H2,1-26H3,(H,67,83)(H,68,82)(H,69,85)(H,70,84)/b29-27+/t42?,43-,44+,45-,46-,47-,48-,49-,52-,53-,54-,55?/m0/s1. The van der Waals surface area contributed by atoms with Crippen molar-refractivity contribution in [3.05, 3.63) is 12.2 Å². The fraction of sp³-hybridized carbons (Fsp3) is 0.788. The number of likely N-dealkylation sites (N-methyl/N-ethyl adjacent to an activating group) is 8. The largest absolute Gasteiger partial charge is 0.459 e. The fourth-order valence-electron chi connectivity index (χ4n) is 11.3. The number of nitrogens with zero attached hydrogens (tertiary/aromatic N) is 8. The van der Waals surface area contributed by atoms with E-state index in [2.05, 4.69) is 21.3 Å². The summed E-state index contributed by atoms with van der Waals surface area (Å²) in [4.78, 5) is 185. The molecular weight excluding hydrogens is 1180 g/mol. The topological polar surface area (TPSA) is 308 Å². The molecule has 1 fully saturated rings. The van der Waals surface area contributed by atoms with Gasteiger partial charge >= 0.3 is 5.97 Å². The van der Waals surface area contributed by atoms with Crippen molar-refractivity contribution in [1.29, 1.82) is 0 Å². The Kier molecular flexibility index (Phi) is 33.7. The quantitative estimate of drug-likeness (QED) is 0.0973. The Morgan fingerprint density at radius 1 is 0.565 bits per heavy atom. The molecule has 12 atom stereocenters. The van der Waals surface area contributed by atoms with E-state index in [1.807, 2.05) is 41.5 Å². The maximum absolute atomic E-state index is 15.2. The molecule has 5 N–H and O–H groups in total. The van der Waals surface area contributed by atoms with E-state index in [1.165, 1.54) is 82.8 Å². The van der Waals surface area contributed by atoms with Crippen LogP contribution in [0.1, 0.15) is 156 Å². The van der Waals surface area contributed by atoms with Crippen LogP contribution in [-0.2, 0) is 62.3 Å². The summed E-state index contributed by atoms with van der Waals surface area (Å²) < 4.78 is 5.84. The minimum atomic E-state index is -1.66. The summed E-state index contributed by atoms with van der Waals surface area (Å²) in [6.07, 6.45) is 2.32. The van der Waals surface area contributed by atoms with Gasteiger partial charge in [0.15, 0.2) is 0 Å². The second kappa shape index (κ2) is 37.3. The first kappa shape index (κ1) is 83.3. The van der Waals surface area contributed by atoms with Crippen LogP contribution in [0.2, 0.25) is 0 Å². The van der Waals surface area contributed by atoms with E-state index >= 15 is 14.4 Å². The predicted molar refractivity (Wildman–Crippen MR) is 352 cm³/mol. The molecule has 1 aliphatic heterocycles. The van der Waals surface area contributed by atoms with Gasteiger partial charge in [0.1, 0.15) is 66.0 Å². The number of hydrogen-bond acceptors (Lipinski definition) is 15. The zero-order valence-corrected chi connectivity index (χ0v) is 60.5. The second-order valence-corrected chi connectivity index (χ2v) is 28.1. The number of aliphatic hydroxyl groups excluding tert-OH is 1. The van der Waals surface area contributed by atoms with Gasteiger partial charge in [-0.25, -0.2) is 0 Å². The van der Waals surface area contributed by atoms with Crippen molar-refractivity contribution in [3.63, 3.8) is 0 Å². The number of esters is 1. The lowest BCUT2D eigenvalue weighted by atomic mass is 9.91. The Morgan fingerprint density at radius 3 is 1.49 bits per heavy atom. The average molecular weight is 1300 g/mol. The van der Waals surface area contributed by atoms with Crippen molar-refractivity contribution in [3.8, 4) is 0 Å². The van der Waals surface area contributed by atoms with E-state index in [-0.39, 0.29) is 62.8 Å². The predicted octanol–water partition coefficient (Wildman–Crippen LogP) is 2.50. The molecule has 26 heteroatoms. The van der Waals surface area contributed by atoms with Crippen molar-refractivity contribution in [2.75, 3.05) is 76.5 Å². The van der Waals surface area contributed by atoms with Crippen LogP contribution in [0.5, 0.6) is 0 Å². The van der Waals surface area contributed by atoms with Crippen molar-refractivity contribution in [2.45, 2.75) is 228 Å². The average Bonchev–Trinajstić information content (AvgIpc) is 0.817. The molecule has 526 valence electrons. The number of nitrogens with one attached hydrogen (secondary N) is 4. The van der Waals surface area contributed by atoms with Gasteiger partial charge in [0.25, 0.3) is 0 Å². The molecule has 1 rings (SSSR count). The van der Waals surface area contributed by atoms with Gasteiger partial charge in [0.2, 0.25) is 65.0 Å².